The van der Waals surface area contributed by atoms with E-state index in [2.05, 4.69) is 47.3 Å². The van der Waals surface area contributed by atoms with Gasteiger partial charge in [0.05, 0.1) is 30.6 Å². The van der Waals surface area contributed by atoms with E-state index in [4.69, 9.17) is 4.74 Å². The van der Waals surface area contributed by atoms with Gasteiger partial charge < -0.3 is 25.4 Å². The van der Waals surface area contributed by atoms with E-state index in [1.165, 1.54) is 4.90 Å². The van der Waals surface area contributed by atoms with Crippen molar-refractivity contribution in [2.24, 2.45) is 17.3 Å². The lowest BCUT2D eigenvalue weighted by atomic mass is 9.70. The molecular formula is C28H40BrN3O5. The number of fused-ring (bicyclic) bond motifs is 1. The fourth-order valence-corrected chi connectivity index (χ4v) is 7.85. The van der Waals surface area contributed by atoms with Gasteiger partial charge in [0.15, 0.2) is 0 Å². The summed E-state index contributed by atoms with van der Waals surface area (Å²) >= 11 is 3.69. The second kappa shape index (κ2) is 9.97. The van der Waals surface area contributed by atoms with Gasteiger partial charge in [-0.1, -0.05) is 67.0 Å². The summed E-state index contributed by atoms with van der Waals surface area (Å²) in [5.41, 5.74) is -0.739. The molecule has 8 nitrogen and oxygen atoms in total. The molecule has 3 unspecified atom stereocenters. The fraction of sp³-hybridized carbons (Fsp3) is 0.679. The van der Waals surface area contributed by atoms with E-state index < -0.39 is 41.2 Å². The molecule has 0 radical (unpaired) electrons. The molecule has 9 heteroatoms. The number of hydrogen-bond donors (Lipinski definition) is 3. The fourth-order valence-electron chi connectivity index (χ4n) is 6.90. The molecule has 37 heavy (non-hydrogen) atoms. The molecule has 1 aromatic carbocycles. The van der Waals surface area contributed by atoms with E-state index in [1.807, 2.05) is 44.2 Å². The molecule has 3 aliphatic rings. The summed E-state index contributed by atoms with van der Waals surface area (Å²) in [5, 5.41) is 16.2. The minimum absolute atomic E-state index is 0.0215. The first kappa shape index (κ1) is 28.0. The van der Waals surface area contributed by atoms with E-state index in [9.17, 15) is 19.5 Å². The molecule has 3 amide bonds. The van der Waals surface area contributed by atoms with Crippen LogP contribution in [0.15, 0.2) is 30.3 Å². The number of ether oxygens (including phenoxy) is 1. The average molecular weight is 579 g/mol. The third-order valence-electron chi connectivity index (χ3n) is 7.76. The van der Waals surface area contributed by atoms with Gasteiger partial charge in [0, 0.05) is 16.9 Å². The standard InChI is InChI=1S/C28H40BrN3O5/c1-16(14-33)32-22(24(35)31-27(5,6)15-26(2,3)4)28-12-18(29)21(37-28)19(20(28)25(32)36)23(34)30-13-17-10-8-7-9-11-17/h7-11,16,18-22,33H,12-15H2,1-6H3,(H,30,34)(H,31,35)/t16-,18?,19-,20+,21-,22?,28?/m1/s1. The third-order valence-corrected chi connectivity index (χ3v) is 8.61. The maximum Gasteiger partial charge on any atom is 0.246 e. The van der Waals surface area contributed by atoms with Crippen LogP contribution in [0.1, 0.15) is 59.9 Å². The monoisotopic (exact) mass is 577 g/mol. The van der Waals surface area contributed by atoms with Crippen LogP contribution in [0.2, 0.25) is 0 Å². The lowest BCUT2D eigenvalue weighted by molar-refractivity contribution is -0.146. The first-order valence-electron chi connectivity index (χ1n) is 13.1. The minimum atomic E-state index is -1.14. The van der Waals surface area contributed by atoms with Gasteiger partial charge in [-0.3, -0.25) is 14.4 Å². The van der Waals surface area contributed by atoms with Crippen LogP contribution >= 0.6 is 15.9 Å². The van der Waals surface area contributed by atoms with Crippen LogP contribution in [0.3, 0.4) is 0 Å². The maximum absolute atomic E-state index is 14.0. The van der Waals surface area contributed by atoms with Crippen molar-refractivity contribution in [2.75, 3.05) is 6.61 Å². The molecule has 0 aromatic heterocycles. The number of halogens is 1. The number of rotatable bonds is 8. The molecular weight excluding hydrogens is 538 g/mol. The maximum atomic E-state index is 14.0. The molecule has 3 aliphatic heterocycles. The first-order chi connectivity index (χ1) is 17.2. The molecule has 3 N–H and O–H groups in total. The van der Waals surface area contributed by atoms with Crippen LogP contribution in [0.5, 0.6) is 0 Å². The molecule has 3 fully saturated rings. The van der Waals surface area contributed by atoms with Crippen LogP contribution in [0, 0.1) is 17.3 Å². The summed E-state index contributed by atoms with van der Waals surface area (Å²) in [6, 6.07) is 8.04. The number of nitrogens with zero attached hydrogens (tertiary/aromatic N) is 1. The zero-order chi connectivity index (χ0) is 27.3. The van der Waals surface area contributed by atoms with E-state index >= 15 is 0 Å². The van der Waals surface area contributed by atoms with Crippen LogP contribution in [0.4, 0.5) is 0 Å². The Kier molecular flexibility index (Phi) is 7.56. The van der Waals surface area contributed by atoms with Crippen molar-refractivity contribution in [2.45, 2.75) is 95.1 Å². The normalized spacial score (nSPS) is 31.8. The van der Waals surface area contributed by atoms with Gasteiger partial charge in [-0.15, -0.1) is 0 Å². The molecule has 3 heterocycles. The number of nitrogens with one attached hydrogen (secondary N) is 2. The van der Waals surface area contributed by atoms with Gasteiger partial charge in [-0.2, -0.15) is 0 Å². The quantitative estimate of drug-likeness (QED) is 0.412. The number of hydrogen-bond acceptors (Lipinski definition) is 5. The summed E-state index contributed by atoms with van der Waals surface area (Å²) in [7, 11) is 0. The summed E-state index contributed by atoms with van der Waals surface area (Å²) in [6.45, 7) is 12.1. The van der Waals surface area contributed by atoms with Crippen molar-refractivity contribution in [1.29, 1.82) is 0 Å². The molecule has 3 saturated heterocycles. The molecule has 7 atom stereocenters. The highest BCUT2D eigenvalue weighted by Crippen LogP contribution is 2.60. The van der Waals surface area contributed by atoms with E-state index in [-0.39, 0.29) is 34.6 Å². The van der Waals surface area contributed by atoms with Gasteiger partial charge in [0.25, 0.3) is 0 Å². The number of carbonyl (C=O) groups is 3. The highest BCUT2D eigenvalue weighted by Gasteiger charge is 2.76. The SMILES string of the molecule is C[C@H](CO)N1C(=O)[C@@H]2[C@@H](C(=O)NCc3ccccc3)[C@@H]3OC2(CC3Br)C1C(=O)NC(C)(C)CC(C)(C)C. The Morgan fingerprint density at radius 2 is 1.84 bits per heavy atom. The zero-order valence-electron chi connectivity index (χ0n) is 22.6. The second-order valence-electron chi connectivity index (χ2n) is 12.8. The van der Waals surface area contributed by atoms with E-state index in [0.29, 0.717) is 13.0 Å². The second-order valence-corrected chi connectivity index (χ2v) is 13.9. The molecule has 0 saturated carbocycles. The molecule has 4 rings (SSSR count). The molecule has 204 valence electrons. The van der Waals surface area contributed by atoms with Crippen molar-refractivity contribution >= 4 is 33.7 Å². The lowest BCUT2D eigenvalue weighted by Crippen LogP contribution is -2.61. The predicted molar refractivity (Wildman–Crippen MR) is 144 cm³/mol. The largest absolute Gasteiger partial charge is 0.394 e. The molecule has 1 spiro atoms. The lowest BCUT2D eigenvalue weighted by Gasteiger charge is -2.39. The van der Waals surface area contributed by atoms with Gasteiger partial charge in [0.2, 0.25) is 17.7 Å². The number of carbonyl (C=O) groups excluding carboxylic acids is 3. The minimum Gasteiger partial charge on any atom is -0.394 e. The Hall–Kier alpha value is -1.97. The first-order valence-corrected chi connectivity index (χ1v) is 14.0. The molecule has 0 aliphatic carbocycles. The smallest absolute Gasteiger partial charge is 0.246 e. The van der Waals surface area contributed by atoms with Crippen molar-refractivity contribution in [3.05, 3.63) is 35.9 Å². The van der Waals surface area contributed by atoms with Gasteiger partial charge >= 0.3 is 0 Å². The number of likely N-dealkylation sites (tertiary alicyclic amines) is 1. The highest BCUT2D eigenvalue weighted by atomic mass is 79.9. The Morgan fingerprint density at radius 1 is 1.19 bits per heavy atom. The summed E-state index contributed by atoms with van der Waals surface area (Å²) in [6.07, 6.45) is 0.644. The molecule has 1 aromatic rings. The van der Waals surface area contributed by atoms with Gasteiger partial charge in [-0.05, 0) is 44.6 Å². The van der Waals surface area contributed by atoms with Crippen LogP contribution < -0.4 is 10.6 Å². The van der Waals surface area contributed by atoms with E-state index in [0.717, 1.165) is 12.0 Å². The van der Waals surface area contributed by atoms with Crippen molar-refractivity contribution in [3.8, 4) is 0 Å². The summed E-state index contributed by atoms with van der Waals surface area (Å²) in [5.74, 6) is -2.40. The average Bonchev–Trinajstić information content (AvgIpc) is 3.39. The molecule has 2 bridgehead atoms. The van der Waals surface area contributed by atoms with Gasteiger partial charge in [0.1, 0.15) is 11.6 Å². The summed E-state index contributed by atoms with van der Waals surface area (Å²) < 4.78 is 6.51. The number of aliphatic hydroxyl groups is 1. The Balaban J connectivity index is 1.65. The Morgan fingerprint density at radius 3 is 2.43 bits per heavy atom. The third kappa shape index (κ3) is 5.19. The van der Waals surface area contributed by atoms with Crippen LogP contribution in [-0.2, 0) is 25.7 Å². The number of benzene rings is 1. The number of amides is 3. The van der Waals surface area contributed by atoms with Crippen molar-refractivity contribution in [3.63, 3.8) is 0 Å². The highest BCUT2D eigenvalue weighted by molar-refractivity contribution is 9.09. The predicted octanol–water partition coefficient (Wildman–Crippen LogP) is 2.76. The van der Waals surface area contributed by atoms with Crippen LogP contribution in [0.25, 0.3) is 0 Å². The van der Waals surface area contributed by atoms with Gasteiger partial charge in [-0.25, -0.2) is 0 Å². The Labute approximate surface area is 228 Å². The Bertz CT molecular complexity index is 1040. The number of aliphatic hydroxyl groups excluding tert-OH is 1. The van der Waals surface area contributed by atoms with E-state index in [1.54, 1.807) is 6.92 Å². The van der Waals surface area contributed by atoms with Crippen LogP contribution in [-0.4, -0.2) is 68.5 Å². The van der Waals surface area contributed by atoms with Crippen molar-refractivity contribution in [1.82, 2.24) is 15.5 Å². The number of alkyl halides is 1. The summed E-state index contributed by atoms with van der Waals surface area (Å²) in [4.78, 5) is 42.7. The topological polar surface area (TPSA) is 108 Å². The van der Waals surface area contributed by atoms with Crippen molar-refractivity contribution < 1.29 is 24.2 Å². The zero-order valence-corrected chi connectivity index (χ0v) is 24.2.